The highest BCUT2D eigenvalue weighted by atomic mass is 19.1. The fourth-order valence-electron chi connectivity index (χ4n) is 2.98. The van der Waals surface area contributed by atoms with Gasteiger partial charge in [-0.05, 0) is 42.7 Å². The summed E-state index contributed by atoms with van der Waals surface area (Å²) in [6.45, 7) is 3.48. The van der Waals surface area contributed by atoms with Crippen molar-refractivity contribution in [2.75, 3.05) is 18.0 Å². The van der Waals surface area contributed by atoms with Crippen molar-refractivity contribution >= 4 is 11.6 Å². The molecule has 134 valence electrons. The monoisotopic (exact) mass is 346 g/mol. The molecule has 1 aromatic carbocycles. The third-order valence-corrected chi connectivity index (χ3v) is 4.50. The molecule has 0 bridgehead atoms. The fraction of sp³-hybridized carbons (Fsp3) is 0.421. The van der Waals surface area contributed by atoms with Gasteiger partial charge in [-0.15, -0.1) is 0 Å². The molecule has 1 fully saturated rings. The molecule has 3 rings (SSSR count). The average Bonchev–Trinajstić information content (AvgIpc) is 3.10. The van der Waals surface area contributed by atoms with E-state index in [1.807, 2.05) is 17.9 Å². The number of hydrogen-bond donors (Lipinski definition) is 2. The van der Waals surface area contributed by atoms with E-state index < -0.39 is 0 Å². The number of carbonyl (C=O) groups is 1. The second-order valence-electron chi connectivity index (χ2n) is 6.31. The normalized spacial score (nSPS) is 15.4. The van der Waals surface area contributed by atoms with Gasteiger partial charge in [0.2, 0.25) is 0 Å². The predicted octanol–water partition coefficient (Wildman–Crippen LogP) is 2.87. The van der Waals surface area contributed by atoms with Crippen molar-refractivity contribution in [3.8, 4) is 0 Å². The molecule has 1 saturated heterocycles. The number of piperidine rings is 1. The van der Waals surface area contributed by atoms with E-state index in [2.05, 4.69) is 5.32 Å². The topological polar surface area (TPSA) is 65.7 Å². The highest BCUT2D eigenvalue weighted by Crippen LogP contribution is 2.24. The zero-order valence-electron chi connectivity index (χ0n) is 14.3. The first kappa shape index (κ1) is 17.5. The lowest BCUT2D eigenvalue weighted by Crippen LogP contribution is -2.36. The number of aliphatic hydroxyl groups excluding tert-OH is 1. The first-order valence-electron chi connectivity index (χ1n) is 8.65. The van der Waals surface area contributed by atoms with Gasteiger partial charge >= 0.3 is 0 Å². The van der Waals surface area contributed by atoms with Crippen molar-refractivity contribution in [3.63, 3.8) is 0 Å². The molecule has 0 spiro atoms. The van der Waals surface area contributed by atoms with Crippen LogP contribution in [-0.2, 0) is 13.0 Å². The van der Waals surface area contributed by atoms with Crippen LogP contribution in [0.25, 0.3) is 0 Å². The lowest BCUT2D eigenvalue weighted by atomic mass is 10.1. The number of halogens is 1. The van der Waals surface area contributed by atoms with Crippen LogP contribution in [-0.4, -0.2) is 30.2 Å². The first-order chi connectivity index (χ1) is 12.1. The Bertz CT molecular complexity index is 736. The summed E-state index contributed by atoms with van der Waals surface area (Å²) in [6.07, 6.45) is 1.75. The van der Waals surface area contributed by atoms with Crippen molar-refractivity contribution < 1.29 is 18.7 Å². The van der Waals surface area contributed by atoms with E-state index in [1.54, 1.807) is 18.2 Å². The molecule has 2 heterocycles. The van der Waals surface area contributed by atoms with Crippen molar-refractivity contribution in [3.05, 3.63) is 53.2 Å². The lowest BCUT2D eigenvalue weighted by molar-refractivity contribution is 0.0921. The first-order valence-corrected chi connectivity index (χ1v) is 8.65. The van der Waals surface area contributed by atoms with E-state index in [4.69, 9.17) is 4.42 Å². The number of hydrogen-bond acceptors (Lipinski definition) is 4. The van der Waals surface area contributed by atoms with Gasteiger partial charge in [-0.1, -0.05) is 13.0 Å². The van der Waals surface area contributed by atoms with Crippen molar-refractivity contribution in [2.45, 2.75) is 38.8 Å². The molecule has 0 unspecified atom stereocenters. The fourth-order valence-corrected chi connectivity index (χ4v) is 2.98. The zero-order chi connectivity index (χ0) is 17.8. The molecule has 1 aromatic heterocycles. The standard InChI is InChI=1S/C19H23FN2O3/c1-2-15-4-6-18(25-15)19(24)21-12-13-3-5-17(16(20)11-13)22-9-7-14(23)8-10-22/h3-6,11,14,23H,2,7-10,12H2,1H3,(H,21,24). The number of nitrogens with one attached hydrogen (secondary N) is 1. The minimum Gasteiger partial charge on any atom is -0.456 e. The molecule has 0 atom stereocenters. The Morgan fingerprint density at radius 2 is 2.08 bits per heavy atom. The maximum Gasteiger partial charge on any atom is 0.287 e. The van der Waals surface area contributed by atoms with E-state index in [0.717, 1.165) is 12.2 Å². The van der Waals surface area contributed by atoms with Gasteiger partial charge in [-0.2, -0.15) is 0 Å². The molecular formula is C19H23FN2O3. The highest BCUT2D eigenvalue weighted by Gasteiger charge is 2.20. The van der Waals surface area contributed by atoms with Crippen LogP contribution in [0.15, 0.2) is 34.7 Å². The SMILES string of the molecule is CCc1ccc(C(=O)NCc2ccc(N3CCC(O)CC3)c(F)c2)o1. The maximum atomic E-state index is 14.4. The summed E-state index contributed by atoms with van der Waals surface area (Å²) in [6, 6.07) is 8.40. The Kier molecular flexibility index (Phi) is 5.38. The van der Waals surface area contributed by atoms with Crippen LogP contribution in [0.4, 0.5) is 10.1 Å². The van der Waals surface area contributed by atoms with Gasteiger partial charge in [0.15, 0.2) is 5.76 Å². The van der Waals surface area contributed by atoms with Gasteiger partial charge in [0.25, 0.3) is 5.91 Å². The molecule has 6 heteroatoms. The Morgan fingerprint density at radius 1 is 1.32 bits per heavy atom. The number of furan rings is 1. The Morgan fingerprint density at radius 3 is 2.72 bits per heavy atom. The maximum absolute atomic E-state index is 14.4. The molecule has 0 radical (unpaired) electrons. The molecule has 0 aliphatic carbocycles. The second kappa shape index (κ2) is 7.70. The van der Waals surface area contributed by atoms with Crippen LogP contribution in [0.2, 0.25) is 0 Å². The number of aliphatic hydroxyl groups is 1. The number of nitrogens with zero attached hydrogens (tertiary/aromatic N) is 1. The summed E-state index contributed by atoms with van der Waals surface area (Å²) < 4.78 is 19.8. The molecule has 25 heavy (non-hydrogen) atoms. The smallest absolute Gasteiger partial charge is 0.287 e. The van der Waals surface area contributed by atoms with E-state index in [0.29, 0.717) is 37.2 Å². The highest BCUT2D eigenvalue weighted by molar-refractivity contribution is 5.91. The summed E-state index contributed by atoms with van der Waals surface area (Å²) in [5, 5.41) is 12.3. The summed E-state index contributed by atoms with van der Waals surface area (Å²) in [5.41, 5.74) is 1.23. The van der Waals surface area contributed by atoms with Crippen LogP contribution in [0.1, 0.15) is 41.6 Å². The van der Waals surface area contributed by atoms with Gasteiger partial charge in [-0.3, -0.25) is 4.79 Å². The van der Waals surface area contributed by atoms with Crippen LogP contribution >= 0.6 is 0 Å². The Hall–Kier alpha value is -2.34. The van der Waals surface area contributed by atoms with Crippen LogP contribution in [0.3, 0.4) is 0 Å². The van der Waals surface area contributed by atoms with Crippen molar-refractivity contribution in [2.24, 2.45) is 0 Å². The molecule has 5 nitrogen and oxygen atoms in total. The summed E-state index contributed by atoms with van der Waals surface area (Å²) >= 11 is 0. The largest absolute Gasteiger partial charge is 0.456 e. The Balaban J connectivity index is 1.60. The summed E-state index contributed by atoms with van der Waals surface area (Å²) in [7, 11) is 0. The number of carbonyl (C=O) groups excluding carboxylic acids is 1. The lowest BCUT2D eigenvalue weighted by Gasteiger charge is -2.31. The zero-order valence-corrected chi connectivity index (χ0v) is 14.3. The molecule has 1 aliphatic heterocycles. The average molecular weight is 346 g/mol. The van der Waals surface area contributed by atoms with E-state index in [9.17, 15) is 14.3 Å². The van der Waals surface area contributed by atoms with Crippen LogP contribution < -0.4 is 10.2 Å². The van der Waals surface area contributed by atoms with Gasteiger partial charge in [0.1, 0.15) is 11.6 Å². The van der Waals surface area contributed by atoms with Crippen LogP contribution in [0.5, 0.6) is 0 Å². The molecular weight excluding hydrogens is 323 g/mol. The van der Waals surface area contributed by atoms with E-state index in [-0.39, 0.29) is 30.1 Å². The van der Waals surface area contributed by atoms with Gasteiger partial charge < -0.3 is 19.7 Å². The summed E-state index contributed by atoms with van der Waals surface area (Å²) in [4.78, 5) is 14.0. The number of aryl methyl sites for hydroxylation is 1. The number of rotatable bonds is 5. The molecule has 0 saturated carbocycles. The third-order valence-electron chi connectivity index (χ3n) is 4.50. The second-order valence-corrected chi connectivity index (χ2v) is 6.31. The Labute approximate surface area is 146 Å². The minimum atomic E-state index is -0.311. The quantitative estimate of drug-likeness (QED) is 0.874. The van der Waals surface area contributed by atoms with Crippen LogP contribution in [0, 0.1) is 5.82 Å². The van der Waals surface area contributed by atoms with E-state index in [1.165, 1.54) is 6.07 Å². The molecule has 1 aliphatic rings. The van der Waals surface area contributed by atoms with Gasteiger partial charge in [0, 0.05) is 26.1 Å². The van der Waals surface area contributed by atoms with Gasteiger partial charge in [0.05, 0.1) is 11.8 Å². The summed E-state index contributed by atoms with van der Waals surface area (Å²) in [5.74, 6) is 0.400. The minimum absolute atomic E-state index is 0.233. The third kappa shape index (κ3) is 4.20. The van der Waals surface area contributed by atoms with Crippen molar-refractivity contribution in [1.29, 1.82) is 0 Å². The molecule has 1 amide bonds. The molecule has 2 N–H and O–H groups in total. The molecule has 2 aromatic rings. The van der Waals surface area contributed by atoms with Gasteiger partial charge in [-0.25, -0.2) is 4.39 Å². The number of amides is 1. The number of anilines is 1. The predicted molar refractivity (Wildman–Crippen MR) is 93.1 cm³/mol. The van der Waals surface area contributed by atoms with E-state index >= 15 is 0 Å². The van der Waals surface area contributed by atoms with Crippen molar-refractivity contribution in [1.82, 2.24) is 5.32 Å². The number of benzene rings is 1.